The summed E-state index contributed by atoms with van der Waals surface area (Å²) in [7, 11) is 0. The van der Waals surface area contributed by atoms with Crippen LogP contribution in [0.1, 0.15) is 56.7 Å². The molecule has 2 aromatic rings. The maximum Gasteiger partial charge on any atom is 0.335 e. The maximum atomic E-state index is 13.2. The van der Waals surface area contributed by atoms with Crippen LogP contribution >= 0.6 is 0 Å². The number of anilines is 2. The Balaban J connectivity index is 1.74. The van der Waals surface area contributed by atoms with Gasteiger partial charge >= 0.3 is 6.03 Å². The summed E-state index contributed by atoms with van der Waals surface area (Å²) >= 11 is 0. The molecule has 1 atom stereocenters. The van der Waals surface area contributed by atoms with Crippen molar-refractivity contribution in [1.29, 1.82) is 0 Å². The van der Waals surface area contributed by atoms with Gasteiger partial charge in [-0.15, -0.1) is 0 Å². The highest BCUT2D eigenvalue weighted by Gasteiger charge is 2.38. The van der Waals surface area contributed by atoms with Gasteiger partial charge in [-0.25, -0.2) is 9.69 Å². The fraction of sp³-hybridized carbons (Fsp3) is 0.346. The Labute approximate surface area is 188 Å². The molecule has 1 N–H and O–H groups in total. The van der Waals surface area contributed by atoms with Crippen LogP contribution in [-0.4, -0.2) is 29.9 Å². The highest BCUT2D eigenvalue weighted by molar-refractivity contribution is 6.39. The van der Waals surface area contributed by atoms with Crippen molar-refractivity contribution in [3.05, 3.63) is 64.7 Å². The van der Waals surface area contributed by atoms with Gasteiger partial charge in [-0.2, -0.15) is 0 Å². The second kappa shape index (κ2) is 7.93. The number of benzene rings is 2. The van der Waals surface area contributed by atoms with Crippen molar-refractivity contribution < 1.29 is 14.4 Å². The Morgan fingerprint density at radius 1 is 1.09 bits per heavy atom. The number of imide groups is 2. The number of carbonyl (C=O) groups excluding carboxylic acids is 3. The van der Waals surface area contributed by atoms with Gasteiger partial charge in [0.2, 0.25) is 0 Å². The van der Waals surface area contributed by atoms with E-state index in [1.807, 2.05) is 25.1 Å². The van der Waals surface area contributed by atoms with Crippen molar-refractivity contribution in [2.45, 2.75) is 52.5 Å². The van der Waals surface area contributed by atoms with Crippen LogP contribution in [0.25, 0.3) is 6.08 Å². The van der Waals surface area contributed by atoms with Crippen LogP contribution in [0.3, 0.4) is 0 Å². The van der Waals surface area contributed by atoms with Crippen molar-refractivity contribution in [1.82, 2.24) is 5.32 Å². The number of hydrogen-bond donors (Lipinski definition) is 1. The molecule has 4 amide bonds. The minimum absolute atomic E-state index is 0.0519. The van der Waals surface area contributed by atoms with Gasteiger partial charge < -0.3 is 4.90 Å². The Morgan fingerprint density at radius 2 is 1.81 bits per heavy atom. The van der Waals surface area contributed by atoms with Crippen molar-refractivity contribution in [2.75, 3.05) is 16.3 Å². The number of amides is 4. The minimum Gasteiger partial charge on any atom is -0.366 e. The predicted octanol–water partition coefficient (Wildman–Crippen LogP) is 4.77. The van der Waals surface area contributed by atoms with Gasteiger partial charge in [0, 0.05) is 17.8 Å². The number of hydrogen-bond acceptors (Lipinski definition) is 4. The van der Waals surface area contributed by atoms with Gasteiger partial charge in [-0.1, -0.05) is 31.2 Å². The lowest BCUT2D eigenvalue weighted by molar-refractivity contribution is -0.122. The number of fused-ring (bicyclic) bond motifs is 1. The summed E-state index contributed by atoms with van der Waals surface area (Å²) in [6.45, 7) is 11.6. The number of nitrogens with zero attached hydrogens (tertiary/aromatic N) is 2. The van der Waals surface area contributed by atoms with E-state index >= 15 is 0 Å². The highest BCUT2D eigenvalue weighted by atomic mass is 16.2. The summed E-state index contributed by atoms with van der Waals surface area (Å²) in [6, 6.07) is 12.4. The Kier molecular flexibility index (Phi) is 5.41. The van der Waals surface area contributed by atoms with Gasteiger partial charge in [0.15, 0.2) is 0 Å². The number of barbiturate groups is 1. The highest BCUT2D eigenvalue weighted by Crippen LogP contribution is 2.43. The second-order valence-electron chi connectivity index (χ2n) is 9.22. The molecule has 4 rings (SSSR count). The van der Waals surface area contributed by atoms with Crippen LogP contribution in [0.2, 0.25) is 0 Å². The number of aryl methyl sites for hydroxylation is 1. The second-order valence-corrected chi connectivity index (χ2v) is 9.22. The number of nitrogens with one attached hydrogen (secondary N) is 1. The molecule has 0 bridgehead atoms. The molecule has 0 radical (unpaired) electrons. The lowest BCUT2D eigenvalue weighted by atomic mass is 9.79. The first-order valence-electron chi connectivity index (χ1n) is 11.0. The molecule has 0 spiro atoms. The topological polar surface area (TPSA) is 69.7 Å². The first kappa shape index (κ1) is 21.8. The monoisotopic (exact) mass is 431 g/mol. The fourth-order valence-electron chi connectivity index (χ4n) is 5.05. The third kappa shape index (κ3) is 3.60. The number of urea groups is 1. The summed E-state index contributed by atoms with van der Waals surface area (Å²) in [4.78, 5) is 41.7. The van der Waals surface area contributed by atoms with E-state index in [0.717, 1.165) is 29.0 Å². The summed E-state index contributed by atoms with van der Waals surface area (Å²) < 4.78 is 0. The SMILES string of the molecule is CCN1c2ccc(/C=C3\C(=O)NC(=O)N(c4ccccc4C)C3=O)cc2C(C)CC1(C)C. The molecule has 166 valence electrons. The third-order valence-corrected chi connectivity index (χ3v) is 6.49. The van der Waals surface area contributed by atoms with Gasteiger partial charge in [-0.05, 0) is 81.0 Å². The molecule has 2 aromatic carbocycles. The van der Waals surface area contributed by atoms with E-state index < -0.39 is 17.8 Å². The van der Waals surface area contributed by atoms with Crippen LogP contribution in [0.5, 0.6) is 0 Å². The van der Waals surface area contributed by atoms with E-state index in [1.54, 1.807) is 18.2 Å². The molecule has 1 fully saturated rings. The zero-order valence-electron chi connectivity index (χ0n) is 19.2. The van der Waals surface area contributed by atoms with E-state index in [1.165, 1.54) is 11.3 Å². The van der Waals surface area contributed by atoms with Gasteiger partial charge in [0.25, 0.3) is 11.8 Å². The smallest absolute Gasteiger partial charge is 0.335 e. The predicted molar refractivity (Wildman–Crippen MR) is 127 cm³/mol. The quantitative estimate of drug-likeness (QED) is 0.561. The van der Waals surface area contributed by atoms with Crippen LogP contribution < -0.4 is 15.1 Å². The lowest BCUT2D eigenvalue weighted by Gasteiger charge is -2.47. The zero-order chi connectivity index (χ0) is 23.2. The molecule has 6 nitrogen and oxygen atoms in total. The molecule has 1 saturated heterocycles. The van der Waals surface area contributed by atoms with Crippen molar-refractivity contribution in [2.24, 2.45) is 0 Å². The Hall–Kier alpha value is -3.41. The summed E-state index contributed by atoms with van der Waals surface area (Å²) in [5.74, 6) is -0.941. The molecule has 2 heterocycles. The third-order valence-electron chi connectivity index (χ3n) is 6.49. The molecular weight excluding hydrogens is 402 g/mol. The molecule has 2 aliphatic rings. The molecule has 0 aromatic heterocycles. The minimum atomic E-state index is -0.730. The van der Waals surface area contributed by atoms with Crippen LogP contribution in [-0.2, 0) is 9.59 Å². The van der Waals surface area contributed by atoms with Crippen molar-refractivity contribution in [3.8, 4) is 0 Å². The van der Waals surface area contributed by atoms with E-state index in [0.29, 0.717) is 11.6 Å². The van der Waals surface area contributed by atoms with Gasteiger partial charge in [0.1, 0.15) is 5.57 Å². The molecular formula is C26H29N3O3. The van der Waals surface area contributed by atoms with Crippen LogP contribution in [0.4, 0.5) is 16.2 Å². The Morgan fingerprint density at radius 3 is 2.50 bits per heavy atom. The fourth-order valence-corrected chi connectivity index (χ4v) is 5.05. The van der Waals surface area contributed by atoms with E-state index in [4.69, 9.17) is 0 Å². The normalized spacial score (nSPS) is 21.6. The molecule has 0 aliphatic carbocycles. The number of carbonyl (C=O) groups is 3. The molecule has 2 aliphatic heterocycles. The van der Waals surface area contributed by atoms with E-state index in [-0.39, 0.29) is 11.1 Å². The van der Waals surface area contributed by atoms with Gasteiger partial charge in [0.05, 0.1) is 5.69 Å². The van der Waals surface area contributed by atoms with Crippen LogP contribution in [0, 0.1) is 6.92 Å². The standard InChI is InChI=1S/C26H29N3O3/c1-6-28-22-12-11-18(13-19(22)17(3)15-26(28,4)5)14-20-23(30)27-25(32)29(24(20)31)21-10-8-7-9-16(21)2/h7-14,17H,6,15H2,1-5H3,(H,27,30,32)/b20-14+. The Bertz CT molecular complexity index is 1150. The zero-order valence-corrected chi connectivity index (χ0v) is 19.2. The van der Waals surface area contributed by atoms with Gasteiger partial charge in [-0.3, -0.25) is 14.9 Å². The molecule has 32 heavy (non-hydrogen) atoms. The summed E-state index contributed by atoms with van der Waals surface area (Å²) in [5.41, 5.74) is 4.41. The summed E-state index contributed by atoms with van der Waals surface area (Å²) in [5, 5.41) is 2.30. The first-order valence-corrected chi connectivity index (χ1v) is 11.0. The number of rotatable bonds is 3. The van der Waals surface area contributed by atoms with E-state index in [9.17, 15) is 14.4 Å². The first-order chi connectivity index (χ1) is 15.1. The number of para-hydroxylation sites is 1. The van der Waals surface area contributed by atoms with E-state index in [2.05, 4.69) is 50.0 Å². The molecule has 6 heteroatoms. The summed E-state index contributed by atoms with van der Waals surface area (Å²) in [6.07, 6.45) is 2.60. The molecule has 1 unspecified atom stereocenters. The largest absolute Gasteiger partial charge is 0.366 e. The lowest BCUT2D eigenvalue weighted by Crippen LogP contribution is -2.54. The average molecular weight is 432 g/mol. The molecule has 0 saturated carbocycles. The van der Waals surface area contributed by atoms with Crippen molar-refractivity contribution >= 4 is 35.3 Å². The maximum absolute atomic E-state index is 13.2. The van der Waals surface area contributed by atoms with Crippen molar-refractivity contribution in [3.63, 3.8) is 0 Å². The average Bonchev–Trinajstić information content (AvgIpc) is 2.72. The van der Waals surface area contributed by atoms with Crippen LogP contribution in [0.15, 0.2) is 48.0 Å².